The van der Waals surface area contributed by atoms with Crippen LogP contribution in [0.3, 0.4) is 0 Å². The van der Waals surface area contributed by atoms with Crippen molar-refractivity contribution >= 4 is 27.3 Å². The Kier molecular flexibility index (Phi) is 8.83. The molecule has 1 amide bonds. The van der Waals surface area contributed by atoms with Crippen LogP contribution in [0.4, 0.5) is 11.4 Å². The van der Waals surface area contributed by atoms with Gasteiger partial charge in [-0.2, -0.15) is 0 Å². The average molecular weight is 569 g/mol. The van der Waals surface area contributed by atoms with E-state index >= 15 is 0 Å². The van der Waals surface area contributed by atoms with Crippen molar-refractivity contribution in [3.63, 3.8) is 0 Å². The molecule has 0 atom stereocenters. The number of nitrogens with zero attached hydrogens (tertiary/aromatic N) is 2. The van der Waals surface area contributed by atoms with Crippen LogP contribution in [0, 0.1) is 13.8 Å². The van der Waals surface area contributed by atoms with Gasteiger partial charge in [-0.1, -0.05) is 48.5 Å². The van der Waals surface area contributed by atoms with Gasteiger partial charge in [-0.25, -0.2) is 8.42 Å². The van der Waals surface area contributed by atoms with Gasteiger partial charge in [0.05, 0.1) is 4.90 Å². The summed E-state index contributed by atoms with van der Waals surface area (Å²) in [5.41, 5.74) is 6.21. The first-order valence-corrected chi connectivity index (χ1v) is 15.3. The van der Waals surface area contributed by atoms with E-state index in [4.69, 9.17) is 0 Å². The third kappa shape index (κ3) is 7.61. The predicted molar refractivity (Wildman–Crippen MR) is 165 cm³/mol. The fourth-order valence-electron chi connectivity index (χ4n) is 4.91. The van der Waals surface area contributed by atoms with Crippen molar-refractivity contribution < 1.29 is 13.2 Å². The fraction of sp³-hybridized carbons (Fsp3) is 0.242. The molecule has 0 spiro atoms. The summed E-state index contributed by atoms with van der Waals surface area (Å²) in [4.78, 5) is 17.9. The molecule has 4 aromatic rings. The Balaban J connectivity index is 1.11. The summed E-state index contributed by atoms with van der Waals surface area (Å²) in [6.07, 6.45) is 0. The number of rotatable bonds is 9. The molecule has 41 heavy (non-hydrogen) atoms. The van der Waals surface area contributed by atoms with Crippen molar-refractivity contribution in [2.45, 2.75) is 31.8 Å². The van der Waals surface area contributed by atoms with E-state index in [0.717, 1.165) is 50.4 Å². The van der Waals surface area contributed by atoms with Gasteiger partial charge in [-0.15, -0.1) is 0 Å². The predicted octanol–water partition coefficient (Wildman–Crippen LogP) is 5.67. The highest BCUT2D eigenvalue weighted by Gasteiger charge is 2.18. The molecule has 1 aliphatic rings. The summed E-state index contributed by atoms with van der Waals surface area (Å²) in [6, 6.07) is 29.8. The molecule has 4 aromatic carbocycles. The molecule has 2 N–H and O–H groups in total. The monoisotopic (exact) mass is 568 g/mol. The number of aryl methyl sites for hydroxylation is 2. The van der Waals surface area contributed by atoms with Crippen LogP contribution < -0.4 is 10.0 Å². The number of amides is 1. The third-order valence-electron chi connectivity index (χ3n) is 7.52. The first-order chi connectivity index (χ1) is 19.7. The number of piperazine rings is 1. The van der Waals surface area contributed by atoms with Crippen LogP contribution in [0.5, 0.6) is 0 Å². The van der Waals surface area contributed by atoms with E-state index in [-0.39, 0.29) is 10.8 Å². The number of benzene rings is 4. The van der Waals surface area contributed by atoms with E-state index in [9.17, 15) is 13.2 Å². The molecule has 1 fully saturated rings. The molecule has 212 valence electrons. The number of sulfonamides is 1. The largest absolute Gasteiger partial charge is 0.322 e. The number of carbonyl (C=O) groups excluding carboxylic acids is 1. The molecular formula is C33H36N4O3S. The first kappa shape index (κ1) is 28.5. The number of hydrogen-bond donors (Lipinski definition) is 2. The van der Waals surface area contributed by atoms with Gasteiger partial charge in [-0.3, -0.25) is 19.3 Å². The average Bonchev–Trinajstić information content (AvgIpc) is 2.97. The molecule has 0 saturated carbocycles. The molecule has 1 aliphatic heterocycles. The zero-order chi connectivity index (χ0) is 28.8. The van der Waals surface area contributed by atoms with Crippen LogP contribution in [0.2, 0.25) is 0 Å². The maximum absolute atomic E-state index is 12.8. The van der Waals surface area contributed by atoms with E-state index in [2.05, 4.69) is 50.2 Å². The molecule has 0 aliphatic carbocycles. The van der Waals surface area contributed by atoms with Crippen molar-refractivity contribution in [1.29, 1.82) is 0 Å². The van der Waals surface area contributed by atoms with Crippen LogP contribution in [0.25, 0.3) is 0 Å². The Morgan fingerprint density at radius 2 is 1.24 bits per heavy atom. The Morgan fingerprint density at radius 1 is 0.683 bits per heavy atom. The van der Waals surface area contributed by atoms with E-state index < -0.39 is 10.0 Å². The highest BCUT2D eigenvalue weighted by Crippen LogP contribution is 2.21. The Hall–Kier alpha value is -3.98. The van der Waals surface area contributed by atoms with Crippen LogP contribution >= 0.6 is 0 Å². The smallest absolute Gasteiger partial charge is 0.261 e. The molecule has 8 heteroatoms. The minimum atomic E-state index is -3.74. The second kappa shape index (κ2) is 12.7. The lowest BCUT2D eigenvalue weighted by Crippen LogP contribution is -2.45. The minimum Gasteiger partial charge on any atom is -0.322 e. The van der Waals surface area contributed by atoms with Gasteiger partial charge in [-0.05, 0) is 84.6 Å². The van der Waals surface area contributed by atoms with Gasteiger partial charge in [0, 0.05) is 56.2 Å². The molecular weight excluding hydrogens is 532 g/mol. The summed E-state index contributed by atoms with van der Waals surface area (Å²) in [5, 5.41) is 2.86. The lowest BCUT2D eigenvalue weighted by Gasteiger charge is -2.34. The topological polar surface area (TPSA) is 81.8 Å². The molecule has 5 rings (SSSR count). The molecule has 0 bridgehead atoms. The first-order valence-electron chi connectivity index (χ1n) is 13.8. The lowest BCUT2D eigenvalue weighted by atomic mass is 10.1. The second-order valence-electron chi connectivity index (χ2n) is 10.6. The number of carbonyl (C=O) groups is 1. The van der Waals surface area contributed by atoms with Gasteiger partial charge in [0.2, 0.25) is 0 Å². The fourth-order valence-corrected chi connectivity index (χ4v) is 5.96. The van der Waals surface area contributed by atoms with Gasteiger partial charge < -0.3 is 5.32 Å². The van der Waals surface area contributed by atoms with Crippen LogP contribution in [0.15, 0.2) is 102 Å². The standard InChI is InChI=1S/C33H36N4O3S/c1-25-8-13-31(22-26(25)2)35-41(39,40)32-16-14-30(15-17-32)34-33(38)29-11-9-28(10-12-29)24-37-20-18-36(19-21-37)23-27-6-4-3-5-7-27/h3-17,22,35H,18-21,23-24H2,1-2H3,(H,34,38). The molecule has 0 unspecified atom stereocenters. The summed E-state index contributed by atoms with van der Waals surface area (Å²) in [5.74, 6) is -0.241. The molecule has 0 aromatic heterocycles. The quantitative estimate of drug-likeness (QED) is 0.272. The molecule has 1 heterocycles. The summed E-state index contributed by atoms with van der Waals surface area (Å²) in [7, 11) is -3.74. The Labute approximate surface area is 242 Å². The Morgan fingerprint density at radius 3 is 1.83 bits per heavy atom. The van der Waals surface area contributed by atoms with E-state index in [1.807, 2.05) is 44.2 Å². The third-order valence-corrected chi connectivity index (χ3v) is 8.92. The maximum Gasteiger partial charge on any atom is 0.261 e. The summed E-state index contributed by atoms with van der Waals surface area (Å²) < 4.78 is 28.2. The van der Waals surface area contributed by atoms with Gasteiger partial charge in [0.25, 0.3) is 15.9 Å². The number of hydrogen-bond acceptors (Lipinski definition) is 5. The molecule has 0 radical (unpaired) electrons. The van der Waals surface area contributed by atoms with Crippen molar-refractivity contribution in [2.75, 3.05) is 36.2 Å². The summed E-state index contributed by atoms with van der Waals surface area (Å²) >= 11 is 0. The van der Waals surface area contributed by atoms with E-state index in [1.54, 1.807) is 24.3 Å². The minimum absolute atomic E-state index is 0.124. The van der Waals surface area contributed by atoms with Crippen LogP contribution in [-0.2, 0) is 23.1 Å². The zero-order valence-electron chi connectivity index (χ0n) is 23.5. The van der Waals surface area contributed by atoms with E-state index in [0.29, 0.717) is 16.9 Å². The van der Waals surface area contributed by atoms with Crippen LogP contribution in [0.1, 0.15) is 32.6 Å². The highest BCUT2D eigenvalue weighted by atomic mass is 32.2. The normalized spacial score (nSPS) is 14.5. The highest BCUT2D eigenvalue weighted by molar-refractivity contribution is 7.92. The van der Waals surface area contributed by atoms with E-state index in [1.165, 1.54) is 23.3 Å². The molecule has 1 saturated heterocycles. The zero-order valence-corrected chi connectivity index (χ0v) is 24.3. The SMILES string of the molecule is Cc1ccc(NS(=O)(=O)c2ccc(NC(=O)c3ccc(CN4CCN(Cc5ccccc5)CC4)cc3)cc2)cc1C. The van der Waals surface area contributed by atoms with Gasteiger partial charge >= 0.3 is 0 Å². The maximum atomic E-state index is 12.8. The van der Waals surface area contributed by atoms with Crippen molar-refractivity contribution in [1.82, 2.24) is 9.80 Å². The van der Waals surface area contributed by atoms with Crippen molar-refractivity contribution in [3.8, 4) is 0 Å². The van der Waals surface area contributed by atoms with Crippen molar-refractivity contribution in [2.24, 2.45) is 0 Å². The summed E-state index contributed by atoms with van der Waals surface area (Å²) in [6.45, 7) is 9.86. The number of anilines is 2. The van der Waals surface area contributed by atoms with Gasteiger partial charge in [0.15, 0.2) is 0 Å². The van der Waals surface area contributed by atoms with Gasteiger partial charge in [0.1, 0.15) is 0 Å². The molecule has 7 nitrogen and oxygen atoms in total. The second-order valence-corrected chi connectivity index (χ2v) is 12.3. The van der Waals surface area contributed by atoms with Crippen molar-refractivity contribution in [3.05, 3.63) is 125 Å². The number of nitrogens with one attached hydrogen (secondary N) is 2. The Bertz CT molecular complexity index is 1580. The lowest BCUT2D eigenvalue weighted by molar-refractivity contribution is 0.102. The van der Waals surface area contributed by atoms with Crippen LogP contribution in [-0.4, -0.2) is 50.3 Å².